The van der Waals surface area contributed by atoms with Gasteiger partial charge < -0.3 is 10.1 Å². The Balaban J connectivity index is 2.73. The summed E-state index contributed by atoms with van der Waals surface area (Å²) in [5, 5.41) is 3.29. The number of halogens is 2. The van der Waals surface area contributed by atoms with E-state index in [2.05, 4.69) is 24.4 Å². The Hall–Kier alpha value is -1.00. The van der Waals surface area contributed by atoms with Gasteiger partial charge in [-0.25, -0.2) is 8.78 Å². The highest BCUT2D eigenvalue weighted by molar-refractivity contribution is 5.25. The minimum Gasteiger partial charge on any atom is -0.371 e. The SMILES string of the molecule is CCNC(c1ccc(CC)cc1)C(C)OCC(F)F. The number of rotatable bonds is 8. The quantitative estimate of drug-likeness (QED) is 0.780. The third-order valence-corrected chi connectivity index (χ3v) is 3.13. The van der Waals surface area contributed by atoms with Gasteiger partial charge in [-0.2, -0.15) is 0 Å². The van der Waals surface area contributed by atoms with Crippen LogP contribution >= 0.6 is 0 Å². The van der Waals surface area contributed by atoms with Crippen molar-refractivity contribution < 1.29 is 13.5 Å². The molecule has 2 atom stereocenters. The van der Waals surface area contributed by atoms with Crippen LogP contribution in [0.5, 0.6) is 0 Å². The van der Waals surface area contributed by atoms with Crippen molar-refractivity contribution in [3.63, 3.8) is 0 Å². The molecule has 1 N–H and O–H groups in total. The van der Waals surface area contributed by atoms with E-state index in [1.165, 1.54) is 5.56 Å². The summed E-state index contributed by atoms with van der Waals surface area (Å²) in [4.78, 5) is 0. The molecular formula is C15H23F2NO. The second kappa shape index (κ2) is 8.23. The fraction of sp³-hybridized carbons (Fsp3) is 0.600. The zero-order chi connectivity index (χ0) is 14.3. The van der Waals surface area contributed by atoms with Gasteiger partial charge in [0.2, 0.25) is 0 Å². The van der Waals surface area contributed by atoms with Crippen molar-refractivity contribution in [1.82, 2.24) is 5.32 Å². The average Bonchev–Trinajstić information content (AvgIpc) is 2.42. The normalized spacial score (nSPS) is 14.6. The van der Waals surface area contributed by atoms with Crippen LogP contribution in [0.15, 0.2) is 24.3 Å². The summed E-state index contributed by atoms with van der Waals surface area (Å²) in [6.07, 6.45) is -1.72. The zero-order valence-corrected chi connectivity index (χ0v) is 11.8. The van der Waals surface area contributed by atoms with Crippen LogP contribution in [0, 0.1) is 0 Å². The Bertz CT molecular complexity index is 354. The van der Waals surface area contributed by atoms with Crippen molar-refractivity contribution in [2.24, 2.45) is 0 Å². The van der Waals surface area contributed by atoms with E-state index in [4.69, 9.17) is 4.74 Å². The van der Waals surface area contributed by atoms with Crippen LogP contribution in [0.3, 0.4) is 0 Å². The molecule has 1 aromatic carbocycles. The van der Waals surface area contributed by atoms with Crippen molar-refractivity contribution in [1.29, 1.82) is 0 Å². The molecule has 1 rings (SSSR count). The molecule has 4 heteroatoms. The molecule has 0 fully saturated rings. The lowest BCUT2D eigenvalue weighted by Crippen LogP contribution is -2.33. The molecule has 0 saturated carbocycles. The number of ether oxygens (including phenoxy) is 1. The number of likely N-dealkylation sites (N-methyl/N-ethyl adjacent to an activating group) is 1. The topological polar surface area (TPSA) is 21.3 Å². The Morgan fingerprint density at radius 3 is 2.26 bits per heavy atom. The van der Waals surface area contributed by atoms with E-state index in [1.807, 2.05) is 26.0 Å². The summed E-state index contributed by atoms with van der Waals surface area (Å²) in [5.41, 5.74) is 2.33. The molecule has 19 heavy (non-hydrogen) atoms. The molecule has 108 valence electrons. The minimum atomic E-state index is -2.42. The molecule has 0 amide bonds. The Labute approximate surface area is 114 Å². The number of hydrogen-bond acceptors (Lipinski definition) is 2. The van der Waals surface area contributed by atoms with Gasteiger partial charge in [0.25, 0.3) is 6.43 Å². The van der Waals surface area contributed by atoms with Gasteiger partial charge in [0.05, 0.1) is 12.1 Å². The molecule has 0 saturated heterocycles. The minimum absolute atomic E-state index is 0.0605. The first-order valence-corrected chi connectivity index (χ1v) is 6.80. The summed E-state index contributed by atoms with van der Waals surface area (Å²) in [6, 6.07) is 8.15. The first-order valence-electron chi connectivity index (χ1n) is 6.80. The molecule has 2 unspecified atom stereocenters. The monoisotopic (exact) mass is 271 g/mol. The van der Waals surface area contributed by atoms with E-state index < -0.39 is 13.0 Å². The molecule has 1 aromatic rings. The number of hydrogen-bond donors (Lipinski definition) is 1. The van der Waals surface area contributed by atoms with Crippen molar-refractivity contribution in [2.45, 2.75) is 45.8 Å². The average molecular weight is 271 g/mol. The lowest BCUT2D eigenvalue weighted by molar-refractivity contribution is -0.0307. The molecular weight excluding hydrogens is 248 g/mol. The molecule has 0 aliphatic carbocycles. The molecule has 0 aliphatic rings. The molecule has 0 aromatic heterocycles. The zero-order valence-electron chi connectivity index (χ0n) is 11.8. The molecule has 2 nitrogen and oxygen atoms in total. The highest BCUT2D eigenvalue weighted by Gasteiger charge is 2.20. The van der Waals surface area contributed by atoms with Crippen LogP contribution in [0.2, 0.25) is 0 Å². The third-order valence-electron chi connectivity index (χ3n) is 3.13. The summed E-state index contributed by atoms with van der Waals surface area (Å²) >= 11 is 0. The highest BCUT2D eigenvalue weighted by Crippen LogP contribution is 2.20. The van der Waals surface area contributed by atoms with Crippen molar-refractivity contribution in [3.8, 4) is 0 Å². The van der Waals surface area contributed by atoms with Crippen LogP contribution < -0.4 is 5.32 Å². The summed E-state index contributed by atoms with van der Waals surface area (Å²) in [5.74, 6) is 0. The van der Waals surface area contributed by atoms with Gasteiger partial charge in [-0.3, -0.25) is 0 Å². The fourth-order valence-corrected chi connectivity index (χ4v) is 2.06. The standard InChI is InChI=1S/C15H23F2NO/c1-4-12-6-8-13(9-7-12)15(18-5-2)11(3)19-10-14(16)17/h6-9,11,14-15,18H,4-5,10H2,1-3H3. The number of aryl methyl sites for hydroxylation is 1. The van der Waals surface area contributed by atoms with Gasteiger partial charge in [-0.05, 0) is 31.0 Å². The lowest BCUT2D eigenvalue weighted by atomic mass is 10.00. The molecule has 0 radical (unpaired) electrons. The number of alkyl halides is 2. The van der Waals surface area contributed by atoms with Crippen LogP contribution in [0.25, 0.3) is 0 Å². The Morgan fingerprint density at radius 1 is 1.16 bits per heavy atom. The van der Waals surface area contributed by atoms with Crippen molar-refractivity contribution in [3.05, 3.63) is 35.4 Å². The van der Waals surface area contributed by atoms with Crippen LogP contribution in [0.4, 0.5) is 8.78 Å². The lowest BCUT2D eigenvalue weighted by Gasteiger charge is -2.25. The highest BCUT2D eigenvalue weighted by atomic mass is 19.3. The van der Waals surface area contributed by atoms with E-state index in [1.54, 1.807) is 0 Å². The van der Waals surface area contributed by atoms with Crippen LogP contribution in [0.1, 0.15) is 37.9 Å². The van der Waals surface area contributed by atoms with Gasteiger partial charge in [-0.1, -0.05) is 38.1 Å². The molecule has 0 aliphatic heterocycles. The third kappa shape index (κ3) is 5.25. The molecule has 0 bridgehead atoms. The van der Waals surface area contributed by atoms with Gasteiger partial charge in [0, 0.05) is 0 Å². The molecule has 0 heterocycles. The summed E-state index contributed by atoms with van der Waals surface area (Å²) in [6.45, 7) is 6.17. The van der Waals surface area contributed by atoms with Gasteiger partial charge in [0.15, 0.2) is 0 Å². The van der Waals surface area contributed by atoms with E-state index in [0.29, 0.717) is 0 Å². The first kappa shape index (κ1) is 16.1. The number of nitrogens with one attached hydrogen (secondary N) is 1. The van der Waals surface area contributed by atoms with Gasteiger partial charge in [-0.15, -0.1) is 0 Å². The fourth-order valence-electron chi connectivity index (χ4n) is 2.06. The van der Waals surface area contributed by atoms with Crippen LogP contribution in [-0.4, -0.2) is 25.7 Å². The van der Waals surface area contributed by atoms with E-state index >= 15 is 0 Å². The maximum absolute atomic E-state index is 12.2. The van der Waals surface area contributed by atoms with Crippen LogP contribution in [-0.2, 0) is 11.2 Å². The van der Waals surface area contributed by atoms with Crippen molar-refractivity contribution in [2.75, 3.05) is 13.2 Å². The van der Waals surface area contributed by atoms with Crippen molar-refractivity contribution >= 4 is 0 Å². The smallest absolute Gasteiger partial charge is 0.261 e. The molecule has 0 spiro atoms. The maximum Gasteiger partial charge on any atom is 0.261 e. The predicted molar refractivity (Wildman–Crippen MR) is 73.7 cm³/mol. The summed E-state index contributed by atoms with van der Waals surface area (Å²) in [7, 11) is 0. The maximum atomic E-state index is 12.2. The first-order chi connectivity index (χ1) is 9.08. The van der Waals surface area contributed by atoms with E-state index in [0.717, 1.165) is 18.5 Å². The Kier molecular flexibility index (Phi) is 6.95. The number of benzene rings is 1. The predicted octanol–water partition coefficient (Wildman–Crippen LogP) is 3.57. The largest absolute Gasteiger partial charge is 0.371 e. The second-order valence-electron chi connectivity index (χ2n) is 4.56. The Morgan fingerprint density at radius 2 is 1.79 bits per heavy atom. The van der Waals surface area contributed by atoms with E-state index in [-0.39, 0.29) is 12.1 Å². The summed E-state index contributed by atoms with van der Waals surface area (Å²) < 4.78 is 29.6. The second-order valence-corrected chi connectivity index (χ2v) is 4.56. The van der Waals surface area contributed by atoms with Gasteiger partial charge in [0.1, 0.15) is 6.61 Å². The van der Waals surface area contributed by atoms with Gasteiger partial charge >= 0.3 is 0 Å². The van der Waals surface area contributed by atoms with E-state index in [9.17, 15) is 8.78 Å².